The predicted octanol–water partition coefficient (Wildman–Crippen LogP) is 0.803. The number of hydrogen-bond acceptors (Lipinski definition) is 8. The average Bonchev–Trinajstić information content (AvgIpc) is 2.81. The third-order valence-corrected chi connectivity index (χ3v) is 4.20. The van der Waals surface area contributed by atoms with Crippen LogP contribution in [0, 0.1) is 0 Å². The molecule has 13 heteroatoms. The first kappa shape index (κ1) is 32.7. The molecule has 1 aromatic carbocycles. The molecule has 0 bridgehead atoms. The highest BCUT2D eigenvalue weighted by atomic mass is 19.4. The highest BCUT2D eigenvalue weighted by molar-refractivity contribution is 5.81. The molecule has 1 rings (SSSR count). The topological polar surface area (TPSA) is 166 Å². The van der Waals surface area contributed by atoms with Gasteiger partial charge >= 0.3 is 12.1 Å². The molecule has 2 atom stereocenters. The summed E-state index contributed by atoms with van der Waals surface area (Å²) in [5.74, 6) is -2.93. The van der Waals surface area contributed by atoms with Gasteiger partial charge < -0.3 is 41.2 Å². The van der Waals surface area contributed by atoms with E-state index in [1.165, 1.54) is 0 Å². The third kappa shape index (κ3) is 19.7. The van der Waals surface area contributed by atoms with E-state index in [-0.39, 0.29) is 19.1 Å². The Morgan fingerprint density at radius 1 is 1.00 bits per heavy atom. The van der Waals surface area contributed by atoms with Gasteiger partial charge in [-0.2, -0.15) is 13.2 Å². The van der Waals surface area contributed by atoms with Crippen LogP contribution in [0.1, 0.15) is 24.8 Å². The molecule has 0 unspecified atom stereocenters. The molecule has 0 spiro atoms. The normalized spacial score (nSPS) is 12.9. The van der Waals surface area contributed by atoms with Gasteiger partial charge in [0, 0.05) is 6.54 Å². The van der Waals surface area contributed by atoms with Crippen molar-refractivity contribution in [2.24, 2.45) is 11.5 Å². The first-order valence-corrected chi connectivity index (χ1v) is 11.1. The van der Waals surface area contributed by atoms with Gasteiger partial charge in [-0.05, 0) is 24.9 Å². The molecule has 7 N–H and O–H groups in total. The number of hydrogen-bond donors (Lipinski definition) is 5. The maximum Gasteiger partial charge on any atom is 0.490 e. The number of alkyl halides is 3. The summed E-state index contributed by atoms with van der Waals surface area (Å²) < 4.78 is 47.9. The largest absolute Gasteiger partial charge is 0.490 e. The van der Waals surface area contributed by atoms with Gasteiger partial charge in [-0.3, -0.25) is 4.79 Å². The fourth-order valence-electron chi connectivity index (χ4n) is 2.39. The molecule has 0 saturated heterocycles. The number of carboxylic acids is 1. The number of nitrogens with one attached hydrogen (secondary N) is 1. The maximum atomic E-state index is 11.7. The molecule has 1 aromatic rings. The number of amides is 1. The van der Waals surface area contributed by atoms with Crippen molar-refractivity contribution < 1.29 is 47.2 Å². The molecule has 0 aliphatic rings. The van der Waals surface area contributed by atoms with E-state index in [9.17, 15) is 23.1 Å². The van der Waals surface area contributed by atoms with E-state index in [4.69, 9.17) is 35.6 Å². The number of nitrogens with two attached hydrogens (primary N) is 2. The predicted molar refractivity (Wildman–Crippen MR) is 121 cm³/mol. The molecule has 10 nitrogen and oxygen atoms in total. The lowest BCUT2D eigenvalue weighted by molar-refractivity contribution is -0.192. The second-order valence-corrected chi connectivity index (χ2v) is 7.33. The molecule has 0 aliphatic heterocycles. The zero-order chi connectivity index (χ0) is 26.5. The summed E-state index contributed by atoms with van der Waals surface area (Å²) in [6.07, 6.45) is -3.40. The monoisotopic (exact) mass is 511 g/mol. The number of halogens is 3. The summed E-state index contributed by atoms with van der Waals surface area (Å²) >= 11 is 0. The molecule has 0 heterocycles. The number of benzene rings is 1. The van der Waals surface area contributed by atoms with Crippen LogP contribution < -0.4 is 16.8 Å². The lowest BCUT2D eigenvalue weighted by atomic mass is 10.1. The number of aliphatic carboxylic acids is 1. The van der Waals surface area contributed by atoms with Crippen molar-refractivity contribution in [1.29, 1.82) is 0 Å². The fourth-order valence-corrected chi connectivity index (χ4v) is 2.39. The molecule has 0 saturated carbocycles. The molecule has 0 fully saturated rings. The molecular weight excluding hydrogens is 475 g/mol. The van der Waals surface area contributed by atoms with Crippen LogP contribution in [0.2, 0.25) is 0 Å². The second-order valence-electron chi connectivity index (χ2n) is 7.33. The van der Waals surface area contributed by atoms with E-state index in [0.29, 0.717) is 45.9 Å². The van der Waals surface area contributed by atoms with Crippen LogP contribution in [0.25, 0.3) is 0 Å². The Morgan fingerprint density at radius 2 is 1.60 bits per heavy atom. The smallest absolute Gasteiger partial charge is 0.475 e. The number of carboxylic acid groups (broad SMARTS) is 1. The highest BCUT2D eigenvalue weighted by Crippen LogP contribution is 2.13. The van der Waals surface area contributed by atoms with Crippen molar-refractivity contribution in [1.82, 2.24) is 5.32 Å². The van der Waals surface area contributed by atoms with Gasteiger partial charge in [-0.1, -0.05) is 36.8 Å². The van der Waals surface area contributed by atoms with Crippen LogP contribution in [0.3, 0.4) is 0 Å². The van der Waals surface area contributed by atoms with E-state index in [1.54, 1.807) is 0 Å². The number of carbonyl (C=O) groups excluding carboxylic acids is 1. The minimum Gasteiger partial charge on any atom is -0.475 e. The molecule has 0 aliphatic carbocycles. The van der Waals surface area contributed by atoms with Crippen molar-refractivity contribution in [2.45, 2.75) is 44.2 Å². The first-order chi connectivity index (χ1) is 16.6. The Morgan fingerprint density at radius 3 is 2.20 bits per heavy atom. The molecule has 0 radical (unpaired) electrons. The van der Waals surface area contributed by atoms with E-state index >= 15 is 0 Å². The minimum atomic E-state index is -5.08. The molecule has 0 aromatic heterocycles. The number of unbranched alkanes of at least 4 members (excludes halogenated alkanes) is 1. The van der Waals surface area contributed by atoms with E-state index in [2.05, 4.69) is 5.32 Å². The van der Waals surface area contributed by atoms with Crippen LogP contribution >= 0.6 is 0 Å². The Kier molecular flexibility index (Phi) is 18.7. The standard InChI is InChI=1S/C20H35N3O5.C2HF3O2/c21-9-5-4-8-19(22)20(25)23-10-11-26-12-13-27-15-18(24)16-28-14-17-6-2-1-3-7-17;3-2(4,5)1(6)7/h1-3,6-7,18-19,24H,4-5,8-16,21-22H2,(H,23,25);(H,6,7)/t18-,19-;/m0./s1. The first-order valence-electron chi connectivity index (χ1n) is 11.1. The van der Waals surface area contributed by atoms with Crippen LogP contribution in [-0.4, -0.2) is 86.5 Å². The van der Waals surface area contributed by atoms with E-state index in [0.717, 1.165) is 18.4 Å². The Hall–Kier alpha value is -2.29. The van der Waals surface area contributed by atoms with Crippen LogP contribution in [0.15, 0.2) is 30.3 Å². The lowest BCUT2D eigenvalue weighted by Gasteiger charge is -2.13. The van der Waals surface area contributed by atoms with Gasteiger partial charge in [0.05, 0.1) is 45.7 Å². The molecular formula is C22H36F3N3O7. The zero-order valence-electron chi connectivity index (χ0n) is 19.5. The number of aliphatic hydroxyl groups is 1. The Labute approximate surface area is 202 Å². The van der Waals surface area contributed by atoms with Crippen LogP contribution in [-0.2, 0) is 30.4 Å². The lowest BCUT2D eigenvalue weighted by Crippen LogP contribution is -2.41. The van der Waals surface area contributed by atoms with Crippen LogP contribution in [0.5, 0.6) is 0 Å². The van der Waals surface area contributed by atoms with E-state index in [1.807, 2.05) is 30.3 Å². The summed E-state index contributed by atoms with van der Waals surface area (Å²) in [7, 11) is 0. The van der Waals surface area contributed by atoms with Gasteiger partial charge in [0.25, 0.3) is 0 Å². The summed E-state index contributed by atoms with van der Waals surface area (Å²) in [5, 5.41) is 19.7. The van der Waals surface area contributed by atoms with Crippen molar-refractivity contribution in [3.05, 3.63) is 35.9 Å². The maximum absolute atomic E-state index is 11.7. The van der Waals surface area contributed by atoms with Gasteiger partial charge in [0.1, 0.15) is 6.10 Å². The Bertz CT molecular complexity index is 682. The van der Waals surface area contributed by atoms with Gasteiger partial charge in [-0.15, -0.1) is 0 Å². The average molecular weight is 512 g/mol. The minimum absolute atomic E-state index is 0.171. The zero-order valence-corrected chi connectivity index (χ0v) is 19.5. The summed E-state index contributed by atoms with van der Waals surface area (Å²) in [4.78, 5) is 20.6. The quantitative estimate of drug-likeness (QED) is 0.190. The van der Waals surface area contributed by atoms with Crippen molar-refractivity contribution in [2.75, 3.05) is 46.1 Å². The summed E-state index contributed by atoms with van der Waals surface area (Å²) in [5.41, 5.74) is 12.3. The molecule has 202 valence electrons. The van der Waals surface area contributed by atoms with Crippen LogP contribution in [0.4, 0.5) is 13.2 Å². The molecule has 1 amide bonds. The van der Waals surface area contributed by atoms with Crippen molar-refractivity contribution in [3.8, 4) is 0 Å². The SMILES string of the molecule is NCCCC[C@H](N)C(=O)NCCOCCOC[C@H](O)COCc1ccccc1.O=C(O)C(F)(F)F. The van der Waals surface area contributed by atoms with Crippen molar-refractivity contribution in [3.63, 3.8) is 0 Å². The van der Waals surface area contributed by atoms with Gasteiger partial charge in [0.2, 0.25) is 5.91 Å². The number of carbonyl (C=O) groups is 2. The second kappa shape index (κ2) is 20.0. The molecule has 35 heavy (non-hydrogen) atoms. The van der Waals surface area contributed by atoms with Gasteiger partial charge in [-0.25, -0.2) is 4.79 Å². The van der Waals surface area contributed by atoms with E-state index < -0.39 is 24.3 Å². The van der Waals surface area contributed by atoms with Gasteiger partial charge in [0.15, 0.2) is 0 Å². The third-order valence-electron chi connectivity index (χ3n) is 4.20. The highest BCUT2D eigenvalue weighted by Gasteiger charge is 2.38. The Balaban J connectivity index is 0.00000143. The number of aliphatic hydroxyl groups excluding tert-OH is 1. The summed E-state index contributed by atoms with van der Waals surface area (Å²) in [6.45, 7) is 3.01. The number of ether oxygens (including phenoxy) is 3. The van der Waals surface area contributed by atoms with Crippen molar-refractivity contribution >= 4 is 11.9 Å². The fraction of sp³-hybridized carbons (Fsp3) is 0.636. The number of rotatable bonds is 17. The summed E-state index contributed by atoms with van der Waals surface area (Å²) in [6, 6.07) is 9.28.